The third-order valence-electron chi connectivity index (χ3n) is 2.76. The van der Waals surface area contributed by atoms with Crippen molar-refractivity contribution in [3.05, 3.63) is 65.5 Å². The van der Waals surface area contributed by atoms with Gasteiger partial charge in [0.25, 0.3) is 5.91 Å². The summed E-state index contributed by atoms with van der Waals surface area (Å²) < 4.78 is 23.1. The first-order valence-corrected chi connectivity index (χ1v) is 6.48. The number of primary amides is 1. The summed E-state index contributed by atoms with van der Waals surface area (Å²) in [7, 11) is 0. The largest absolute Gasteiger partial charge is 0.488 e. The molecule has 0 atom stereocenters. The summed E-state index contributed by atoms with van der Waals surface area (Å²) in [4.78, 5) is 22.5. The molecule has 2 aromatic carbocycles. The topological polar surface area (TPSA) is 78.6 Å². The molecule has 0 fully saturated rings. The Morgan fingerprint density at radius 1 is 1.05 bits per heavy atom. The summed E-state index contributed by atoms with van der Waals surface area (Å²) in [6.45, 7) is -0.328. The van der Waals surface area contributed by atoms with Gasteiger partial charge in [-0.25, -0.2) is 9.18 Å². The molecule has 2 aromatic rings. The van der Waals surface area contributed by atoms with E-state index >= 15 is 0 Å². The zero-order valence-corrected chi connectivity index (χ0v) is 11.6. The van der Waals surface area contributed by atoms with Crippen LogP contribution in [0.1, 0.15) is 15.9 Å². The zero-order valence-electron chi connectivity index (χ0n) is 11.6. The number of esters is 1. The highest BCUT2D eigenvalue weighted by Gasteiger charge is 2.14. The number of carbonyl (C=O) groups excluding carboxylic acids is 2. The lowest BCUT2D eigenvalue weighted by molar-refractivity contribution is -0.121. The maximum atomic E-state index is 12.8. The van der Waals surface area contributed by atoms with Crippen LogP contribution in [-0.4, -0.2) is 18.5 Å². The number of para-hydroxylation sites is 1. The van der Waals surface area contributed by atoms with E-state index in [4.69, 9.17) is 15.2 Å². The van der Waals surface area contributed by atoms with Gasteiger partial charge in [0.2, 0.25) is 0 Å². The molecule has 0 spiro atoms. The molecule has 1 amide bonds. The van der Waals surface area contributed by atoms with E-state index in [2.05, 4.69) is 0 Å². The summed E-state index contributed by atoms with van der Waals surface area (Å²) in [5.41, 5.74) is 5.86. The lowest BCUT2D eigenvalue weighted by Gasteiger charge is -2.10. The fraction of sp³-hybridized carbons (Fsp3) is 0.125. The maximum Gasteiger partial charge on any atom is 0.342 e. The van der Waals surface area contributed by atoms with Crippen LogP contribution in [0.5, 0.6) is 5.75 Å². The predicted molar refractivity (Wildman–Crippen MR) is 76.7 cm³/mol. The van der Waals surface area contributed by atoms with E-state index in [0.29, 0.717) is 5.75 Å². The van der Waals surface area contributed by atoms with Crippen molar-refractivity contribution in [1.82, 2.24) is 0 Å². The normalized spacial score (nSPS) is 10.0. The molecule has 0 aliphatic heterocycles. The van der Waals surface area contributed by atoms with Gasteiger partial charge >= 0.3 is 5.97 Å². The Hall–Kier alpha value is -2.89. The number of carbonyl (C=O) groups is 2. The Morgan fingerprint density at radius 3 is 2.41 bits per heavy atom. The highest BCUT2D eigenvalue weighted by atomic mass is 19.1. The van der Waals surface area contributed by atoms with Gasteiger partial charge in [-0.05, 0) is 29.8 Å². The van der Waals surface area contributed by atoms with E-state index in [-0.39, 0.29) is 18.0 Å². The molecule has 0 unspecified atom stereocenters. The van der Waals surface area contributed by atoms with Gasteiger partial charge in [0.1, 0.15) is 23.7 Å². The van der Waals surface area contributed by atoms with E-state index in [0.717, 1.165) is 5.56 Å². The third kappa shape index (κ3) is 4.31. The van der Waals surface area contributed by atoms with Gasteiger partial charge in [-0.3, -0.25) is 4.79 Å². The molecule has 0 aromatic heterocycles. The third-order valence-corrected chi connectivity index (χ3v) is 2.76. The molecule has 114 valence electrons. The van der Waals surface area contributed by atoms with Crippen LogP contribution in [0.25, 0.3) is 0 Å². The molecule has 6 heteroatoms. The Balaban J connectivity index is 2.06. The zero-order chi connectivity index (χ0) is 15.9. The van der Waals surface area contributed by atoms with Gasteiger partial charge in [0, 0.05) is 0 Å². The van der Waals surface area contributed by atoms with Crippen LogP contribution < -0.4 is 10.5 Å². The monoisotopic (exact) mass is 303 g/mol. The van der Waals surface area contributed by atoms with Gasteiger partial charge in [0.15, 0.2) is 6.61 Å². The molecule has 2 rings (SSSR count). The first-order valence-electron chi connectivity index (χ1n) is 6.48. The average molecular weight is 303 g/mol. The fourth-order valence-electron chi connectivity index (χ4n) is 1.72. The number of amides is 1. The molecule has 0 radical (unpaired) electrons. The van der Waals surface area contributed by atoms with Crippen LogP contribution in [0.3, 0.4) is 0 Å². The molecule has 0 heterocycles. The first kappa shape index (κ1) is 15.5. The molecular weight excluding hydrogens is 289 g/mol. The number of benzene rings is 2. The van der Waals surface area contributed by atoms with Crippen LogP contribution >= 0.6 is 0 Å². The smallest absolute Gasteiger partial charge is 0.342 e. The van der Waals surface area contributed by atoms with Crippen LogP contribution in [0.4, 0.5) is 4.39 Å². The second-order valence-corrected chi connectivity index (χ2v) is 4.45. The molecule has 0 saturated carbocycles. The van der Waals surface area contributed by atoms with Crippen molar-refractivity contribution >= 4 is 11.9 Å². The summed E-state index contributed by atoms with van der Waals surface area (Å²) in [5, 5.41) is 0. The molecule has 0 bridgehead atoms. The highest BCUT2D eigenvalue weighted by Crippen LogP contribution is 2.20. The molecule has 0 saturated heterocycles. The van der Waals surface area contributed by atoms with E-state index in [1.165, 1.54) is 18.2 Å². The summed E-state index contributed by atoms with van der Waals surface area (Å²) in [6, 6.07) is 12.3. The number of nitrogens with two attached hydrogens (primary N) is 1. The van der Waals surface area contributed by atoms with Crippen molar-refractivity contribution in [1.29, 1.82) is 0 Å². The minimum absolute atomic E-state index is 0.167. The van der Waals surface area contributed by atoms with Crippen molar-refractivity contribution in [2.24, 2.45) is 5.73 Å². The van der Waals surface area contributed by atoms with Crippen molar-refractivity contribution < 1.29 is 23.5 Å². The van der Waals surface area contributed by atoms with Crippen molar-refractivity contribution in [3.8, 4) is 5.75 Å². The lowest BCUT2D eigenvalue weighted by Crippen LogP contribution is -2.21. The number of hydrogen-bond donors (Lipinski definition) is 1. The minimum atomic E-state index is -0.738. The standard InChI is InChI=1S/C16H14FNO4/c17-12-7-5-11(6-8-12)9-21-14-4-2-1-3-13(14)16(20)22-10-15(18)19/h1-8H,9-10H2,(H2,18,19). The minimum Gasteiger partial charge on any atom is -0.488 e. The van der Waals surface area contributed by atoms with E-state index in [9.17, 15) is 14.0 Å². The van der Waals surface area contributed by atoms with Crippen LogP contribution in [-0.2, 0) is 16.1 Å². The van der Waals surface area contributed by atoms with Gasteiger partial charge in [-0.2, -0.15) is 0 Å². The Bertz CT molecular complexity index is 670. The maximum absolute atomic E-state index is 12.8. The highest BCUT2D eigenvalue weighted by molar-refractivity contribution is 5.93. The van der Waals surface area contributed by atoms with Crippen LogP contribution in [0.15, 0.2) is 48.5 Å². The first-order chi connectivity index (χ1) is 10.6. The van der Waals surface area contributed by atoms with Crippen molar-refractivity contribution in [2.75, 3.05) is 6.61 Å². The Morgan fingerprint density at radius 2 is 1.73 bits per heavy atom. The predicted octanol–water partition coefficient (Wildman–Crippen LogP) is 2.05. The lowest BCUT2D eigenvalue weighted by atomic mass is 10.2. The molecule has 0 aliphatic carbocycles. The average Bonchev–Trinajstić information content (AvgIpc) is 2.52. The van der Waals surface area contributed by atoms with E-state index in [1.54, 1.807) is 30.3 Å². The Kier molecular flexibility index (Phi) is 5.08. The van der Waals surface area contributed by atoms with E-state index < -0.39 is 18.5 Å². The summed E-state index contributed by atoms with van der Waals surface area (Å²) in [6.07, 6.45) is 0. The SMILES string of the molecule is NC(=O)COC(=O)c1ccccc1OCc1ccc(F)cc1. The number of ether oxygens (including phenoxy) is 2. The van der Waals surface area contributed by atoms with E-state index in [1.807, 2.05) is 0 Å². The molecular formula is C16H14FNO4. The molecule has 5 nitrogen and oxygen atoms in total. The fourth-order valence-corrected chi connectivity index (χ4v) is 1.72. The van der Waals surface area contributed by atoms with Crippen LogP contribution in [0, 0.1) is 5.82 Å². The summed E-state index contributed by atoms with van der Waals surface area (Å²) in [5.74, 6) is -1.47. The Labute approximate surface area is 126 Å². The summed E-state index contributed by atoms with van der Waals surface area (Å²) >= 11 is 0. The van der Waals surface area contributed by atoms with Crippen LogP contribution in [0.2, 0.25) is 0 Å². The quantitative estimate of drug-likeness (QED) is 0.828. The van der Waals surface area contributed by atoms with Gasteiger partial charge in [-0.15, -0.1) is 0 Å². The second-order valence-electron chi connectivity index (χ2n) is 4.45. The van der Waals surface area contributed by atoms with Crippen molar-refractivity contribution in [3.63, 3.8) is 0 Å². The second kappa shape index (κ2) is 7.21. The van der Waals surface area contributed by atoms with Crippen molar-refractivity contribution in [2.45, 2.75) is 6.61 Å². The van der Waals surface area contributed by atoms with Gasteiger partial charge in [-0.1, -0.05) is 24.3 Å². The molecule has 0 aliphatic rings. The van der Waals surface area contributed by atoms with Gasteiger partial charge in [0.05, 0.1) is 0 Å². The number of halogens is 1. The molecule has 22 heavy (non-hydrogen) atoms. The van der Waals surface area contributed by atoms with Gasteiger partial charge < -0.3 is 15.2 Å². The number of hydrogen-bond acceptors (Lipinski definition) is 4. The number of rotatable bonds is 6. The molecule has 2 N–H and O–H groups in total.